The first-order chi connectivity index (χ1) is 16.3. The summed E-state index contributed by atoms with van der Waals surface area (Å²) in [5.74, 6) is 1.84. The van der Waals surface area contributed by atoms with Crippen LogP contribution in [0.15, 0.2) is 60.9 Å². The van der Waals surface area contributed by atoms with Crippen molar-refractivity contribution in [3.05, 3.63) is 77.2 Å². The van der Waals surface area contributed by atoms with Gasteiger partial charge in [-0.15, -0.1) is 0 Å². The molecule has 2 aliphatic rings. The van der Waals surface area contributed by atoms with Gasteiger partial charge in [0, 0.05) is 51.2 Å². The molecule has 34 heavy (non-hydrogen) atoms. The van der Waals surface area contributed by atoms with E-state index in [1.54, 1.807) is 20.0 Å². The van der Waals surface area contributed by atoms with Crippen LogP contribution in [0.25, 0.3) is 5.70 Å². The first kappa shape index (κ1) is 22.5. The standard InChI is InChI=1S/C26H29ClN6O/c1-26(2,34)18-8-10-23(29-16-18)32-12-14-33(15-13-32)24-11-9-19(27)25(30-24)22-17-28-20-6-4-5-7-21(20)31(22)3/h4-11,16-17,28,34H,12-15H2,1-3H3. The molecular formula is C26H29ClN6O. The van der Waals surface area contributed by atoms with Crippen LogP contribution in [0.5, 0.6) is 0 Å². The summed E-state index contributed by atoms with van der Waals surface area (Å²) in [5, 5.41) is 14.1. The van der Waals surface area contributed by atoms with E-state index in [2.05, 4.69) is 37.1 Å². The van der Waals surface area contributed by atoms with E-state index in [0.29, 0.717) is 5.02 Å². The average Bonchev–Trinajstić information content (AvgIpc) is 2.85. The average molecular weight is 477 g/mol. The third-order valence-corrected chi connectivity index (χ3v) is 6.75. The number of nitrogens with one attached hydrogen (secondary N) is 1. The Morgan fingerprint density at radius 1 is 0.941 bits per heavy atom. The molecule has 0 saturated carbocycles. The Kier molecular flexibility index (Phi) is 5.83. The van der Waals surface area contributed by atoms with Crippen molar-refractivity contribution >= 4 is 40.3 Å². The van der Waals surface area contributed by atoms with Gasteiger partial charge in [-0.25, -0.2) is 9.97 Å². The highest BCUT2D eigenvalue weighted by atomic mass is 35.5. The van der Waals surface area contributed by atoms with E-state index in [1.165, 1.54) is 0 Å². The van der Waals surface area contributed by atoms with Crippen LogP contribution in [-0.4, -0.2) is 48.3 Å². The molecule has 0 bridgehead atoms. The van der Waals surface area contributed by atoms with Gasteiger partial charge in [0.1, 0.15) is 17.3 Å². The topological polar surface area (TPSA) is 67.8 Å². The van der Waals surface area contributed by atoms with Gasteiger partial charge in [0.25, 0.3) is 0 Å². The lowest BCUT2D eigenvalue weighted by molar-refractivity contribution is 0.0782. The van der Waals surface area contributed by atoms with E-state index < -0.39 is 5.60 Å². The molecular weight excluding hydrogens is 448 g/mol. The monoisotopic (exact) mass is 476 g/mol. The summed E-state index contributed by atoms with van der Waals surface area (Å²) >= 11 is 6.60. The smallest absolute Gasteiger partial charge is 0.129 e. The molecule has 0 unspecified atom stereocenters. The lowest BCUT2D eigenvalue weighted by atomic mass is 10.0. The molecule has 4 heterocycles. The summed E-state index contributed by atoms with van der Waals surface area (Å²) in [7, 11) is 2.03. The summed E-state index contributed by atoms with van der Waals surface area (Å²) in [4.78, 5) is 16.2. The molecule has 0 amide bonds. The van der Waals surface area contributed by atoms with Crippen LogP contribution in [0.2, 0.25) is 5.02 Å². The summed E-state index contributed by atoms with van der Waals surface area (Å²) in [5.41, 5.74) is 3.75. The second-order valence-electron chi connectivity index (χ2n) is 9.19. The van der Waals surface area contributed by atoms with Gasteiger partial charge in [0.15, 0.2) is 0 Å². The summed E-state index contributed by atoms with van der Waals surface area (Å²) < 4.78 is 0. The van der Waals surface area contributed by atoms with Gasteiger partial charge in [0.2, 0.25) is 0 Å². The highest BCUT2D eigenvalue weighted by Crippen LogP contribution is 2.37. The van der Waals surface area contributed by atoms with E-state index in [4.69, 9.17) is 16.6 Å². The Labute approximate surface area is 205 Å². The van der Waals surface area contributed by atoms with Crippen LogP contribution in [0, 0.1) is 0 Å². The van der Waals surface area contributed by atoms with Crippen molar-refractivity contribution in [1.29, 1.82) is 0 Å². The second kappa shape index (κ2) is 8.81. The Bertz CT molecular complexity index is 1210. The Balaban J connectivity index is 1.31. The molecule has 0 atom stereocenters. The van der Waals surface area contributed by atoms with Crippen molar-refractivity contribution in [3.8, 4) is 0 Å². The lowest BCUT2D eigenvalue weighted by Crippen LogP contribution is -2.47. The minimum Gasteiger partial charge on any atom is -0.386 e. The summed E-state index contributed by atoms with van der Waals surface area (Å²) in [6, 6.07) is 16.0. The van der Waals surface area contributed by atoms with Crippen LogP contribution in [0.4, 0.5) is 23.0 Å². The minimum atomic E-state index is -0.887. The van der Waals surface area contributed by atoms with Crippen LogP contribution in [0.3, 0.4) is 0 Å². The maximum atomic E-state index is 10.2. The van der Waals surface area contributed by atoms with Crippen molar-refractivity contribution in [2.24, 2.45) is 0 Å². The molecule has 3 aromatic rings. The third kappa shape index (κ3) is 4.29. The largest absolute Gasteiger partial charge is 0.386 e. The summed E-state index contributed by atoms with van der Waals surface area (Å²) in [6.45, 7) is 6.88. The van der Waals surface area contributed by atoms with Gasteiger partial charge in [-0.3, -0.25) is 0 Å². The zero-order valence-electron chi connectivity index (χ0n) is 19.7. The molecule has 2 aromatic heterocycles. The highest BCUT2D eigenvalue weighted by Gasteiger charge is 2.24. The fourth-order valence-electron chi connectivity index (χ4n) is 4.38. The van der Waals surface area contributed by atoms with Crippen molar-refractivity contribution in [2.45, 2.75) is 19.4 Å². The number of piperazine rings is 1. The molecule has 2 aliphatic heterocycles. The number of nitrogens with zero attached hydrogens (tertiary/aromatic N) is 5. The van der Waals surface area contributed by atoms with Crippen molar-refractivity contribution in [1.82, 2.24) is 9.97 Å². The van der Waals surface area contributed by atoms with Gasteiger partial charge >= 0.3 is 0 Å². The zero-order chi connectivity index (χ0) is 23.9. The van der Waals surface area contributed by atoms with E-state index in [1.807, 2.05) is 49.6 Å². The lowest BCUT2D eigenvalue weighted by Gasteiger charge is -2.36. The van der Waals surface area contributed by atoms with Crippen LogP contribution in [-0.2, 0) is 5.60 Å². The fourth-order valence-corrected chi connectivity index (χ4v) is 4.58. The van der Waals surface area contributed by atoms with Gasteiger partial charge in [-0.05, 0) is 44.2 Å². The number of fused-ring (bicyclic) bond motifs is 1. The van der Waals surface area contributed by atoms with E-state index in [9.17, 15) is 5.11 Å². The van der Waals surface area contributed by atoms with Crippen molar-refractivity contribution < 1.29 is 5.11 Å². The number of para-hydroxylation sites is 2. The van der Waals surface area contributed by atoms with Gasteiger partial charge < -0.3 is 25.1 Å². The van der Waals surface area contributed by atoms with Crippen LogP contribution in [0.1, 0.15) is 25.1 Å². The maximum absolute atomic E-state index is 10.2. The van der Waals surface area contributed by atoms with E-state index in [0.717, 1.165) is 66.1 Å². The molecule has 0 aliphatic carbocycles. The predicted molar refractivity (Wildman–Crippen MR) is 140 cm³/mol. The first-order valence-electron chi connectivity index (χ1n) is 11.5. The molecule has 0 radical (unpaired) electrons. The second-order valence-corrected chi connectivity index (χ2v) is 9.60. The summed E-state index contributed by atoms with van der Waals surface area (Å²) in [6.07, 6.45) is 3.72. The Morgan fingerprint density at radius 2 is 1.62 bits per heavy atom. The molecule has 0 spiro atoms. The molecule has 8 heteroatoms. The van der Waals surface area contributed by atoms with Gasteiger partial charge in [0.05, 0.1) is 27.7 Å². The van der Waals surface area contributed by atoms with Crippen molar-refractivity contribution in [3.63, 3.8) is 0 Å². The maximum Gasteiger partial charge on any atom is 0.129 e. The molecule has 1 fully saturated rings. The van der Waals surface area contributed by atoms with E-state index >= 15 is 0 Å². The highest BCUT2D eigenvalue weighted by molar-refractivity contribution is 6.32. The zero-order valence-corrected chi connectivity index (χ0v) is 20.4. The minimum absolute atomic E-state index is 0.623. The van der Waals surface area contributed by atoms with Gasteiger partial charge in [-0.2, -0.15) is 0 Å². The quantitative estimate of drug-likeness (QED) is 0.572. The van der Waals surface area contributed by atoms with Crippen molar-refractivity contribution in [2.75, 3.05) is 53.2 Å². The van der Waals surface area contributed by atoms with E-state index in [-0.39, 0.29) is 0 Å². The van der Waals surface area contributed by atoms with Crippen LogP contribution >= 0.6 is 11.6 Å². The van der Waals surface area contributed by atoms with Gasteiger partial charge in [-0.1, -0.05) is 29.8 Å². The number of pyridine rings is 2. The number of hydrogen-bond acceptors (Lipinski definition) is 7. The number of rotatable bonds is 4. The molecule has 1 saturated heterocycles. The molecule has 2 N–H and O–H groups in total. The third-order valence-electron chi connectivity index (χ3n) is 6.45. The Morgan fingerprint density at radius 3 is 2.29 bits per heavy atom. The fraction of sp³-hybridized carbons (Fsp3) is 0.308. The SMILES string of the molecule is CN1C(c2nc(N3CCN(c4ccc(C(C)(C)O)cn4)CC3)ccc2Cl)=CNc2ccccc21. The number of hydrogen-bond donors (Lipinski definition) is 2. The number of aliphatic hydroxyl groups is 1. The molecule has 176 valence electrons. The molecule has 1 aromatic carbocycles. The number of aromatic nitrogens is 2. The predicted octanol–water partition coefficient (Wildman–Crippen LogP) is 4.54. The number of anilines is 4. The molecule has 5 rings (SSSR count). The Hall–Kier alpha value is -3.29. The first-order valence-corrected chi connectivity index (χ1v) is 11.8. The number of benzene rings is 1. The molecule has 7 nitrogen and oxygen atoms in total. The normalized spacial score (nSPS) is 16.1. The number of halogens is 1. The van der Waals surface area contributed by atoms with Crippen LogP contribution < -0.4 is 20.0 Å².